The van der Waals surface area contributed by atoms with Gasteiger partial charge in [0.2, 0.25) is 0 Å². The van der Waals surface area contributed by atoms with Crippen molar-refractivity contribution >= 4 is 56.0 Å². The Balaban J connectivity index is 1.26. The van der Waals surface area contributed by atoms with Crippen molar-refractivity contribution in [1.82, 2.24) is 19.5 Å². The van der Waals surface area contributed by atoms with Crippen molar-refractivity contribution in [3.8, 4) is 0 Å². The van der Waals surface area contributed by atoms with Gasteiger partial charge in [-0.05, 0) is 49.6 Å². The number of fused-ring (bicyclic) bond motifs is 1. The number of nitrogens with one attached hydrogen (secondary N) is 1. The summed E-state index contributed by atoms with van der Waals surface area (Å²) in [5, 5.41) is 4.30. The number of nitrogens with zero attached hydrogens (tertiary/aromatic N) is 4. The number of hydrogen-bond acceptors (Lipinski definition) is 7. The molecule has 38 heavy (non-hydrogen) atoms. The Morgan fingerprint density at radius 1 is 1.00 bits per heavy atom. The number of rotatable bonds is 4. The van der Waals surface area contributed by atoms with E-state index >= 15 is 0 Å². The molecule has 0 saturated carbocycles. The number of aromatic nitrogens is 1. The number of pyridine rings is 1. The Labute approximate surface area is 226 Å². The lowest BCUT2D eigenvalue weighted by atomic mass is 10.1. The summed E-state index contributed by atoms with van der Waals surface area (Å²) in [6, 6.07) is 13.9. The van der Waals surface area contributed by atoms with Gasteiger partial charge in [0.15, 0.2) is 0 Å². The fourth-order valence-electron chi connectivity index (χ4n) is 4.96. The fraction of sp³-hybridized carbons (Fsp3) is 0.346. The number of amides is 3. The van der Waals surface area contributed by atoms with E-state index in [0.29, 0.717) is 61.8 Å². The zero-order valence-electron chi connectivity index (χ0n) is 20.7. The van der Waals surface area contributed by atoms with E-state index < -0.39 is 22.0 Å². The van der Waals surface area contributed by atoms with Crippen LogP contribution in [0.15, 0.2) is 59.5 Å². The van der Waals surface area contributed by atoms with Gasteiger partial charge in [0.25, 0.3) is 15.9 Å². The lowest BCUT2D eigenvalue weighted by Gasteiger charge is -2.37. The van der Waals surface area contributed by atoms with Crippen LogP contribution in [0.1, 0.15) is 19.3 Å². The van der Waals surface area contributed by atoms with E-state index in [9.17, 15) is 18.0 Å². The van der Waals surface area contributed by atoms with Gasteiger partial charge in [-0.1, -0.05) is 29.8 Å². The molecule has 2 aliphatic rings. The fourth-order valence-corrected chi connectivity index (χ4v) is 6.61. The summed E-state index contributed by atoms with van der Waals surface area (Å²) in [5.74, 6) is -0.215. The Kier molecular flexibility index (Phi) is 7.31. The average molecular weight is 557 g/mol. The molecule has 3 heterocycles. The smallest absolute Gasteiger partial charge is 0.318 e. The lowest BCUT2D eigenvalue weighted by molar-refractivity contribution is -0.128. The number of sulfonamides is 1. The van der Waals surface area contributed by atoms with Crippen molar-refractivity contribution < 1.29 is 18.0 Å². The van der Waals surface area contributed by atoms with Gasteiger partial charge in [-0.3, -0.25) is 4.79 Å². The van der Waals surface area contributed by atoms with Gasteiger partial charge in [0.05, 0.1) is 10.4 Å². The largest absolute Gasteiger partial charge is 0.384 e. The van der Waals surface area contributed by atoms with Crippen molar-refractivity contribution in [2.75, 3.05) is 43.4 Å². The molecule has 12 heteroatoms. The number of piperazine rings is 1. The predicted octanol–water partition coefficient (Wildman–Crippen LogP) is 3.07. The van der Waals surface area contributed by atoms with Gasteiger partial charge in [0, 0.05) is 54.9 Å². The van der Waals surface area contributed by atoms with Gasteiger partial charge < -0.3 is 20.9 Å². The molecule has 10 nitrogen and oxygen atoms in total. The van der Waals surface area contributed by atoms with Crippen LogP contribution in [-0.2, 0) is 14.8 Å². The van der Waals surface area contributed by atoms with E-state index in [4.69, 9.17) is 17.3 Å². The third kappa shape index (κ3) is 5.21. The summed E-state index contributed by atoms with van der Waals surface area (Å²) in [6.45, 7) is 2.06. The molecule has 0 unspecified atom stereocenters. The van der Waals surface area contributed by atoms with E-state index in [1.165, 1.54) is 12.1 Å². The van der Waals surface area contributed by atoms with E-state index in [-0.39, 0.29) is 17.5 Å². The number of carbonyl (C=O) groups excluding carboxylic acids is 2. The Morgan fingerprint density at radius 3 is 2.47 bits per heavy atom. The summed E-state index contributed by atoms with van der Waals surface area (Å²) in [5.41, 5.74) is 7.66. The Morgan fingerprint density at radius 2 is 1.74 bits per heavy atom. The van der Waals surface area contributed by atoms with Crippen LogP contribution in [0, 0.1) is 0 Å². The summed E-state index contributed by atoms with van der Waals surface area (Å²) >= 11 is 6.12. The monoisotopic (exact) mass is 556 g/mol. The molecule has 200 valence electrons. The Bertz CT molecular complexity index is 1460. The first kappa shape index (κ1) is 26.1. The molecular weight excluding hydrogens is 528 g/mol. The van der Waals surface area contributed by atoms with Crippen molar-refractivity contribution in [2.24, 2.45) is 0 Å². The molecule has 1 aromatic heterocycles. The van der Waals surface area contributed by atoms with Gasteiger partial charge in [-0.15, -0.1) is 0 Å². The maximum atomic E-state index is 13.3. The first-order valence-corrected chi connectivity index (χ1v) is 14.3. The van der Waals surface area contributed by atoms with Gasteiger partial charge >= 0.3 is 6.03 Å². The third-order valence-electron chi connectivity index (χ3n) is 6.95. The van der Waals surface area contributed by atoms with Crippen LogP contribution in [0.3, 0.4) is 0 Å². The van der Waals surface area contributed by atoms with Gasteiger partial charge in [-0.2, -0.15) is 0 Å². The summed E-state index contributed by atoms with van der Waals surface area (Å²) in [7, 11) is -4.00. The molecule has 3 aromatic rings. The van der Waals surface area contributed by atoms with E-state index in [2.05, 4.69) is 15.2 Å². The molecule has 0 radical (unpaired) electrons. The number of urea groups is 1. The topological polar surface area (TPSA) is 129 Å². The SMILES string of the molecule is Nc1cc(N2CCN(C(=O)N[C@H]3CCCCN(S(=O)(=O)c4ccccc4)C3=O)CC2)c2ccc(Cl)cc2n1. The van der Waals surface area contributed by atoms with E-state index in [1.807, 2.05) is 12.1 Å². The second-order valence-electron chi connectivity index (χ2n) is 9.43. The first-order valence-electron chi connectivity index (χ1n) is 12.5. The van der Waals surface area contributed by atoms with Crippen LogP contribution < -0.4 is 16.0 Å². The van der Waals surface area contributed by atoms with Crippen molar-refractivity contribution in [1.29, 1.82) is 0 Å². The third-order valence-corrected chi connectivity index (χ3v) is 9.00. The maximum absolute atomic E-state index is 13.3. The molecule has 2 fully saturated rings. The molecule has 0 aliphatic carbocycles. The van der Waals surface area contributed by atoms with Gasteiger partial charge in [-0.25, -0.2) is 22.5 Å². The molecular formula is C26H29ClN6O4S. The predicted molar refractivity (Wildman–Crippen MR) is 146 cm³/mol. The number of benzene rings is 2. The van der Waals surface area contributed by atoms with Crippen molar-refractivity contribution in [3.63, 3.8) is 0 Å². The number of hydrogen-bond donors (Lipinski definition) is 2. The van der Waals surface area contributed by atoms with Crippen LogP contribution in [0.2, 0.25) is 5.02 Å². The van der Waals surface area contributed by atoms with Crippen LogP contribution in [0.5, 0.6) is 0 Å². The number of halogens is 1. The van der Waals surface area contributed by atoms with E-state index in [1.54, 1.807) is 35.2 Å². The van der Waals surface area contributed by atoms with Crippen LogP contribution in [0.25, 0.3) is 10.9 Å². The second kappa shape index (κ2) is 10.7. The average Bonchev–Trinajstić information content (AvgIpc) is 3.10. The minimum Gasteiger partial charge on any atom is -0.384 e. The molecule has 0 bridgehead atoms. The van der Waals surface area contributed by atoms with Crippen molar-refractivity contribution in [3.05, 3.63) is 59.6 Å². The minimum absolute atomic E-state index is 0.0583. The lowest BCUT2D eigenvalue weighted by Crippen LogP contribution is -2.56. The zero-order chi connectivity index (χ0) is 26.9. The highest BCUT2D eigenvalue weighted by Gasteiger charge is 2.37. The normalized spacial score (nSPS) is 18.9. The van der Waals surface area contributed by atoms with E-state index in [0.717, 1.165) is 15.4 Å². The zero-order valence-corrected chi connectivity index (χ0v) is 22.3. The molecule has 3 amide bonds. The number of carbonyl (C=O) groups is 2. The van der Waals surface area contributed by atoms with Crippen LogP contribution in [0.4, 0.5) is 16.3 Å². The highest BCUT2D eigenvalue weighted by Crippen LogP contribution is 2.30. The summed E-state index contributed by atoms with van der Waals surface area (Å²) in [4.78, 5) is 34.6. The number of nitrogen functional groups attached to an aromatic ring is 1. The highest BCUT2D eigenvalue weighted by molar-refractivity contribution is 7.89. The quantitative estimate of drug-likeness (QED) is 0.505. The maximum Gasteiger partial charge on any atom is 0.318 e. The number of anilines is 2. The van der Waals surface area contributed by atoms with Crippen LogP contribution >= 0.6 is 11.6 Å². The summed E-state index contributed by atoms with van der Waals surface area (Å²) in [6.07, 6.45) is 1.55. The van der Waals surface area contributed by atoms with Gasteiger partial charge in [0.1, 0.15) is 11.9 Å². The molecule has 2 aliphatic heterocycles. The molecule has 5 rings (SSSR count). The van der Waals surface area contributed by atoms with Crippen LogP contribution in [-0.4, -0.2) is 73.3 Å². The number of nitrogens with two attached hydrogens (primary N) is 1. The first-order chi connectivity index (χ1) is 18.2. The second-order valence-corrected chi connectivity index (χ2v) is 11.7. The molecule has 1 atom stereocenters. The van der Waals surface area contributed by atoms with Crippen molar-refractivity contribution in [2.45, 2.75) is 30.2 Å². The molecule has 0 spiro atoms. The molecule has 2 saturated heterocycles. The molecule has 3 N–H and O–H groups in total. The Hall–Kier alpha value is -3.57. The minimum atomic E-state index is -4.00. The molecule has 2 aromatic carbocycles. The standard InChI is InChI=1S/C26H29ClN6O4S/c27-18-9-10-20-22(16-18)29-24(28)17-23(20)31-12-14-32(15-13-31)26(35)30-21-8-4-5-11-33(25(21)34)38(36,37)19-6-2-1-3-7-19/h1-3,6-7,9-10,16-17,21H,4-5,8,11-15H2,(H2,28,29)(H,30,35)/t21-/m0/s1. The highest BCUT2D eigenvalue weighted by atomic mass is 35.5. The summed E-state index contributed by atoms with van der Waals surface area (Å²) < 4.78 is 27.2.